The minimum absolute atomic E-state index is 0.0611. The van der Waals surface area contributed by atoms with Gasteiger partial charge < -0.3 is 11.1 Å². The lowest BCUT2D eigenvalue weighted by Gasteiger charge is -2.18. The van der Waals surface area contributed by atoms with Gasteiger partial charge in [-0.05, 0) is 63.1 Å². The summed E-state index contributed by atoms with van der Waals surface area (Å²) < 4.78 is 60.4. The highest BCUT2D eigenvalue weighted by molar-refractivity contribution is 5.90. The van der Waals surface area contributed by atoms with Gasteiger partial charge in [-0.2, -0.15) is 18.3 Å². The molecule has 1 saturated heterocycles. The molecule has 1 aliphatic heterocycles. The van der Waals surface area contributed by atoms with E-state index in [1.165, 1.54) is 6.92 Å². The van der Waals surface area contributed by atoms with Crippen LogP contribution in [0.3, 0.4) is 0 Å². The van der Waals surface area contributed by atoms with E-state index in [0.29, 0.717) is 29.3 Å². The first-order valence-electron chi connectivity index (χ1n) is 12.2. The molecule has 1 unspecified atom stereocenters. The zero-order chi connectivity index (χ0) is 24.8. The van der Waals surface area contributed by atoms with Crippen LogP contribution in [0.5, 0.6) is 0 Å². The summed E-state index contributed by atoms with van der Waals surface area (Å²) in [7, 11) is 0. The highest BCUT2D eigenvalue weighted by Crippen LogP contribution is 2.58. The van der Waals surface area contributed by atoms with Gasteiger partial charge in [-0.25, -0.2) is 14.4 Å². The molecule has 6 nitrogen and oxygen atoms in total. The molecule has 0 aromatic carbocycles. The van der Waals surface area contributed by atoms with Gasteiger partial charge in [0.25, 0.3) is 0 Å². The Labute approximate surface area is 200 Å². The van der Waals surface area contributed by atoms with Crippen molar-refractivity contribution in [3.63, 3.8) is 0 Å². The number of nitrogens with two attached hydrogens (primary N) is 1. The minimum Gasteiger partial charge on any atom is -0.384 e. The number of rotatable bonds is 5. The second kappa shape index (κ2) is 7.62. The highest BCUT2D eigenvalue weighted by Gasteiger charge is 2.56. The van der Waals surface area contributed by atoms with Crippen molar-refractivity contribution in [1.29, 1.82) is 0 Å². The molecule has 0 spiro atoms. The van der Waals surface area contributed by atoms with Gasteiger partial charge >= 0.3 is 6.18 Å². The predicted octanol–water partition coefficient (Wildman–Crippen LogP) is 5.01. The van der Waals surface area contributed by atoms with E-state index in [9.17, 15) is 13.2 Å². The number of anilines is 1. The highest BCUT2D eigenvalue weighted by atomic mass is 19.4. The maximum Gasteiger partial charge on any atom is 0.418 e. The van der Waals surface area contributed by atoms with Crippen LogP contribution < -0.4 is 11.1 Å². The Balaban J connectivity index is 1.65. The summed E-state index contributed by atoms with van der Waals surface area (Å²) in [6.45, 7) is 7.09. The van der Waals surface area contributed by atoms with Gasteiger partial charge in [0.2, 0.25) is 0 Å². The van der Waals surface area contributed by atoms with Crippen molar-refractivity contribution in [3.05, 3.63) is 34.5 Å². The largest absolute Gasteiger partial charge is 0.418 e. The molecule has 6 rings (SSSR count). The van der Waals surface area contributed by atoms with Crippen LogP contribution in [-0.4, -0.2) is 32.8 Å². The lowest BCUT2D eigenvalue weighted by atomic mass is 9.97. The van der Waals surface area contributed by atoms with Crippen LogP contribution in [0.15, 0.2) is 6.07 Å². The van der Waals surface area contributed by atoms with Crippen molar-refractivity contribution in [2.75, 3.05) is 18.8 Å². The molecule has 3 aliphatic rings. The van der Waals surface area contributed by atoms with Crippen LogP contribution in [0.1, 0.15) is 61.3 Å². The van der Waals surface area contributed by atoms with E-state index < -0.39 is 17.6 Å². The van der Waals surface area contributed by atoms with Gasteiger partial charge in [0.1, 0.15) is 17.0 Å². The maximum absolute atomic E-state index is 16.4. The second-order valence-corrected chi connectivity index (χ2v) is 10.7. The zero-order valence-electron chi connectivity index (χ0n) is 19.9. The molecule has 0 bridgehead atoms. The van der Waals surface area contributed by atoms with Crippen LogP contribution in [0.2, 0.25) is 0 Å². The number of nitrogens with one attached hydrogen (secondary N) is 1. The number of pyridine rings is 2. The Bertz CT molecular complexity index is 1330. The molecule has 2 saturated carbocycles. The summed E-state index contributed by atoms with van der Waals surface area (Å²) >= 11 is 0. The number of nitrogen functional groups attached to an aromatic ring is 1. The fourth-order valence-corrected chi connectivity index (χ4v) is 5.89. The summed E-state index contributed by atoms with van der Waals surface area (Å²) in [5.41, 5.74) is 5.57. The fourth-order valence-electron chi connectivity index (χ4n) is 5.89. The number of hydrogen-bond donors (Lipinski definition) is 2. The summed E-state index contributed by atoms with van der Waals surface area (Å²) in [6.07, 6.45) is -2.47. The topological polar surface area (TPSA) is 81.7 Å². The third-order valence-corrected chi connectivity index (χ3v) is 7.55. The van der Waals surface area contributed by atoms with Crippen molar-refractivity contribution in [1.82, 2.24) is 25.1 Å². The molecule has 0 radical (unpaired) electrons. The molecule has 0 amide bonds. The molecular formula is C25H28F4N6. The Morgan fingerprint density at radius 2 is 1.86 bits per heavy atom. The number of halogens is 4. The Morgan fingerprint density at radius 3 is 2.46 bits per heavy atom. The van der Waals surface area contributed by atoms with E-state index in [4.69, 9.17) is 10.8 Å². The van der Waals surface area contributed by atoms with E-state index in [1.807, 2.05) is 13.8 Å². The van der Waals surface area contributed by atoms with Gasteiger partial charge in [0, 0.05) is 16.9 Å². The van der Waals surface area contributed by atoms with E-state index in [1.54, 1.807) is 4.68 Å². The smallest absolute Gasteiger partial charge is 0.384 e. The monoisotopic (exact) mass is 488 g/mol. The van der Waals surface area contributed by atoms with E-state index in [0.717, 1.165) is 37.7 Å². The van der Waals surface area contributed by atoms with Crippen molar-refractivity contribution in [2.24, 2.45) is 17.8 Å². The van der Waals surface area contributed by atoms with Crippen LogP contribution in [-0.2, 0) is 12.6 Å². The number of aromatic nitrogens is 4. The molecule has 35 heavy (non-hydrogen) atoms. The van der Waals surface area contributed by atoms with Crippen LogP contribution in [0.4, 0.5) is 23.4 Å². The van der Waals surface area contributed by atoms with Gasteiger partial charge in [-0.3, -0.25) is 4.68 Å². The van der Waals surface area contributed by atoms with Crippen molar-refractivity contribution in [2.45, 2.75) is 58.2 Å². The van der Waals surface area contributed by atoms with Crippen molar-refractivity contribution < 1.29 is 17.6 Å². The Kier molecular flexibility index (Phi) is 4.94. The second-order valence-electron chi connectivity index (χ2n) is 10.7. The first-order chi connectivity index (χ1) is 16.6. The maximum atomic E-state index is 16.4. The third-order valence-electron chi connectivity index (χ3n) is 7.55. The molecular weight excluding hydrogens is 460 g/mol. The molecule has 3 fully saturated rings. The zero-order valence-corrected chi connectivity index (χ0v) is 19.9. The lowest BCUT2D eigenvalue weighted by Crippen LogP contribution is -2.15. The quantitative estimate of drug-likeness (QED) is 0.494. The third kappa shape index (κ3) is 3.59. The van der Waals surface area contributed by atoms with E-state index >= 15 is 4.39 Å². The minimum atomic E-state index is -4.73. The lowest BCUT2D eigenvalue weighted by molar-refractivity contribution is -0.137. The van der Waals surface area contributed by atoms with E-state index in [-0.39, 0.29) is 46.2 Å². The molecule has 3 atom stereocenters. The Hall–Kier alpha value is -2.75. The average molecular weight is 489 g/mol. The van der Waals surface area contributed by atoms with Crippen LogP contribution in [0, 0.1) is 30.5 Å². The molecule has 4 heterocycles. The number of fused-ring (bicyclic) bond motifs is 2. The SMILES string of the molecule is Cc1nc(N)cc(-c2nc(CC(C)C)c3c(C4[C@H]5CNC[C@@H]45)nn(C4CC4)c3c2F)c1C(F)(F)F. The van der Waals surface area contributed by atoms with Gasteiger partial charge in [0.15, 0.2) is 5.82 Å². The first kappa shape index (κ1) is 22.7. The molecule has 3 aromatic heterocycles. The van der Waals surface area contributed by atoms with Crippen LogP contribution in [0.25, 0.3) is 22.2 Å². The van der Waals surface area contributed by atoms with Gasteiger partial charge in [-0.1, -0.05) is 13.8 Å². The summed E-state index contributed by atoms with van der Waals surface area (Å²) in [4.78, 5) is 8.39. The fraction of sp³-hybridized carbons (Fsp3) is 0.560. The van der Waals surface area contributed by atoms with E-state index in [2.05, 4.69) is 15.3 Å². The summed E-state index contributed by atoms with van der Waals surface area (Å²) in [6, 6.07) is 1.15. The first-order valence-corrected chi connectivity index (χ1v) is 12.2. The van der Waals surface area contributed by atoms with Crippen molar-refractivity contribution >= 4 is 16.7 Å². The van der Waals surface area contributed by atoms with Crippen LogP contribution >= 0.6 is 0 Å². The summed E-state index contributed by atoms with van der Waals surface area (Å²) in [5, 5.41) is 8.99. The average Bonchev–Trinajstić information content (AvgIpc) is 3.62. The number of nitrogens with zero attached hydrogens (tertiary/aromatic N) is 4. The van der Waals surface area contributed by atoms with Gasteiger partial charge in [0.05, 0.1) is 28.7 Å². The molecule has 10 heteroatoms. The van der Waals surface area contributed by atoms with Crippen molar-refractivity contribution in [3.8, 4) is 11.3 Å². The summed E-state index contributed by atoms with van der Waals surface area (Å²) in [5.74, 6) is 0.475. The Morgan fingerprint density at radius 1 is 1.17 bits per heavy atom. The number of hydrogen-bond acceptors (Lipinski definition) is 5. The number of aryl methyl sites for hydroxylation is 1. The predicted molar refractivity (Wildman–Crippen MR) is 124 cm³/mol. The molecule has 2 aliphatic carbocycles. The number of alkyl halides is 3. The normalized spacial score (nSPS) is 23.9. The molecule has 3 N–H and O–H groups in total. The standard InChI is InChI=1S/C25H28F4N6/c1-10(2)6-16-19-23(18-14-8-31-9-15(14)18)34-35(12-4-5-12)24(19)21(26)22(33-16)13-7-17(30)32-11(3)20(13)25(27,28)29/h7,10,12,14-15,18,31H,4-6,8-9H2,1-3H3,(H2,30,32)/t14-,15+,18?. The van der Waals surface area contributed by atoms with Gasteiger partial charge in [-0.15, -0.1) is 0 Å². The molecule has 186 valence electrons. The number of piperidine rings is 1. The molecule has 3 aromatic rings.